The second kappa shape index (κ2) is 5.10. The van der Waals surface area contributed by atoms with Gasteiger partial charge < -0.3 is 0 Å². The van der Waals surface area contributed by atoms with Crippen LogP contribution in [-0.2, 0) is 0 Å². The quantitative estimate of drug-likeness (QED) is 0.543. The third kappa shape index (κ3) is 4.77. The summed E-state index contributed by atoms with van der Waals surface area (Å²) in [6, 6.07) is 0. The minimum atomic E-state index is -0.972. The van der Waals surface area contributed by atoms with Crippen LogP contribution in [0.4, 0.5) is 8.78 Å². The van der Waals surface area contributed by atoms with Crippen LogP contribution in [0, 0.1) is 0 Å². The zero-order chi connectivity index (χ0) is 7.28. The van der Waals surface area contributed by atoms with Crippen LogP contribution in [0.1, 0.15) is 26.7 Å². The van der Waals surface area contributed by atoms with E-state index in [4.69, 9.17) is 0 Å². The van der Waals surface area contributed by atoms with Gasteiger partial charge in [0.25, 0.3) is 0 Å². The van der Waals surface area contributed by atoms with Crippen molar-refractivity contribution in [2.24, 2.45) is 0 Å². The molecule has 1 radical (unpaired) electrons. The van der Waals surface area contributed by atoms with Crippen molar-refractivity contribution in [2.75, 3.05) is 0 Å². The van der Waals surface area contributed by atoms with E-state index in [9.17, 15) is 8.78 Å². The SMILES string of the molecule is CCC(F)[P]C(F)CC. The van der Waals surface area contributed by atoms with E-state index in [-0.39, 0.29) is 0 Å². The van der Waals surface area contributed by atoms with Crippen LogP contribution in [0.2, 0.25) is 0 Å². The van der Waals surface area contributed by atoms with E-state index in [0.717, 1.165) is 0 Å². The molecule has 0 N–H and O–H groups in total. The van der Waals surface area contributed by atoms with Crippen LogP contribution >= 0.6 is 8.58 Å². The largest absolute Gasteiger partial charge is 0.242 e. The molecule has 0 aliphatic heterocycles. The first-order valence-corrected chi connectivity index (χ1v) is 4.22. The summed E-state index contributed by atoms with van der Waals surface area (Å²) < 4.78 is 24.6. The summed E-state index contributed by atoms with van der Waals surface area (Å²) in [4.78, 5) is 0. The second-order valence-corrected chi connectivity index (χ2v) is 3.25. The van der Waals surface area contributed by atoms with Crippen molar-refractivity contribution in [1.82, 2.24) is 0 Å². The normalized spacial score (nSPS) is 18.7. The Morgan fingerprint density at radius 2 is 1.44 bits per heavy atom. The first kappa shape index (κ1) is 9.29. The summed E-state index contributed by atoms with van der Waals surface area (Å²) in [5.41, 5.74) is 0. The predicted molar refractivity (Wildman–Crippen MR) is 37.3 cm³/mol. The van der Waals surface area contributed by atoms with Crippen molar-refractivity contribution >= 4 is 8.58 Å². The standard InChI is InChI=1S/C6H12F2P/c1-3-5(7)9-6(8)4-2/h5-6H,3-4H2,1-2H3. The molecule has 3 heteroatoms. The molecule has 0 aromatic carbocycles. The molecule has 0 heterocycles. The van der Waals surface area contributed by atoms with Gasteiger partial charge in [-0.3, -0.25) is 0 Å². The summed E-state index contributed by atoms with van der Waals surface area (Å²) in [7, 11) is 0.306. The second-order valence-electron chi connectivity index (χ2n) is 1.83. The molecular weight excluding hydrogens is 141 g/mol. The Morgan fingerprint density at radius 3 is 1.67 bits per heavy atom. The van der Waals surface area contributed by atoms with E-state index in [1.54, 1.807) is 13.8 Å². The number of halogens is 2. The summed E-state index contributed by atoms with van der Waals surface area (Å²) in [6.07, 6.45) is 0.837. The molecule has 55 valence electrons. The number of rotatable bonds is 4. The molecule has 0 aliphatic carbocycles. The molecular formula is C6H12F2P. The van der Waals surface area contributed by atoms with Gasteiger partial charge in [0.05, 0.1) is 0 Å². The molecule has 2 atom stereocenters. The molecule has 0 saturated carbocycles. The monoisotopic (exact) mass is 153 g/mol. The zero-order valence-electron chi connectivity index (χ0n) is 5.77. The maximum absolute atomic E-state index is 12.3. The fraction of sp³-hybridized carbons (Fsp3) is 1.00. The lowest BCUT2D eigenvalue weighted by Gasteiger charge is -2.05. The molecule has 0 fully saturated rings. The average Bonchev–Trinajstić information content (AvgIpc) is 1.87. The van der Waals surface area contributed by atoms with Crippen molar-refractivity contribution in [3.63, 3.8) is 0 Å². The number of alkyl halides is 2. The molecule has 0 nitrogen and oxygen atoms in total. The Morgan fingerprint density at radius 1 is 1.11 bits per heavy atom. The Balaban J connectivity index is 3.22. The lowest BCUT2D eigenvalue weighted by molar-refractivity contribution is 0.400. The summed E-state index contributed by atoms with van der Waals surface area (Å²) in [5.74, 6) is -1.94. The topological polar surface area (TPSA) is 0 Å². The highest BCUT2D eigenvalue weighted by Crippen LogP contribution is 2.31. The van der Waals surface area contributed by atoms with Crippen molar-refractivity contribution in [1.29, 1.82) is 0 Å². The molecule has 0 aromatic rings. The van der Waals surface area contributed by atoms with Crippen molar-refractivity contribution in [3.05, 3.63) is 0 Å². The van der Waals surface area contributed by atoms with Gasteiger partial charge in [0.15, 0.2) is 0 Å². The molecule has 2 unspecified atom stereocenters. The summed E-state index contributed by atoms with van der Waals surface area (Å²) >= 11 is 0. The summed E-state index contributed by atoms with van der Waals surface area (Å²) in [6.45, 7) is 3.44. The molecule has 0 aromatic heterocycles. The van der Waals surface area contributed by atoms with Gasteiger partial charge in [0.2, 0.25) is 0 Å². The summed E-state index contributed by atoms with van der Waals surface area (Å²) in [5, 5.41) is 0. The van der Waals surface area contributed by atoms with E-state index >= 15 is 0 Å². The van der Waals surface area contributed by atoms with Crippen molar-refractivity contribution in [2.45, 2.75) is 38.5 Å². The van der Waals surface area contributed by atoms with E-state index in [1.807, 2.05) is 0 Å². The Hall–Kier alpha value is 0.290. The van der Waals surface area contributed by atoms with Crippen molar-refractivity contribution in [3.8, 4) is 0 Å². The highest BCUT2D eigenvalue weighted by molar-refractivity contribution is 7.39. The van der Waals surface area contributed by atoms with Gasteiger partial charge in [-0.15, -0.1) is 0 Å². The van der Waals surface area contributed by atoms with E-state index in [0.29, 0.717) is 21.4 Å². The van der Waals surface area contributed by atoms with E-state index < -0.39 is 11.8 Å². The number of hydrogen-bond donors (Lipinski definition) is 0. The molecule has 9 heavy (non-hydrogen) atoms. The minimum Gasteiger partial charge on any atom is -0.242 e. The van der Waals surface area contributed by atoms with Crippen LogP contribution < -0.4 is 0 Å². The van der Waals surface area contributed by atoms with Gasteiger partial charge >= 0.3 is 0 Å². The zero-order valence-corrected chi connectivity index (χ0v) is 6.67. The molecule has 0 aliphatic rings. The first-order valence-electron chi connectivity index (χ1n) is 3.18. The third-order valence-electron chi connectivity index (χ3n) is 0.997. The van der Waals surface area contributed by atoms with Crippen LogP contribution in [0.3, 0.4) is 0 Å². The van der Waals surface area contributed by atoms with Crippen LogP contribution in [0.5, 0.6) is 0 Å². The highest BCUT2D eigenvalue weighted by atomic mass is 31.1. The fourth-order valence-electron chi connectivity index (χ4n) is 0.386. The lowest BCUT2D eigenvalue weighted by Crippen LogP contribution is -1.95. The van der Waals surface area contributed by atoms with Gasteiger partial charge in [0, 0.05) is 0 Å². The maximum Gasteiger partial charge on any atom is 0.126 e. The Labute approximate surface area is 56.8 Å². The first-order chi connectivity index (χ1) is 4.20. The van der Waals surface area contributed by atoms with Crippen molar-refractivity contribution < 1.29 is 8.78 Å². The van der Waals surface area contributed by atoms with E-state index in [2.05, 4.69) is 0 Å². The van der Waals surface area contributed by atoms with Gasteiger partial charge in [-0.25, -0.2) is 8.78 Å². The van der Waals surface area contributed by atoms with Gasteiger partial charge in [-0.2, -0.15) is 0 Å². The minimum absolute atomic E-state index is 0.306. The van der Waals surface area contributed by atoms with Gasteiger partial charge in [-0.1, -0.05) is 13.8 Å². The smallest absolute Gasteiger partial charge is 0.126 e. The van der Waals surface area contributed by atoms with Crippen LogP contribution in [-0.4, -0.2) is 11.8 Å². The molecule has 0 bridgehead atoms. The number of hydrogen-bond acceptors (Lipinski definition) is 0. The fourth-order valence-corrected chi connectivity index (χ4v) is 1.16. The molecule has 0 rings (SSSR count). The third-order valence-corrected chi connectivity index (χ3v) is 2.37. The Kier molecular flexibility index (Phi) is 5.27. The van der Waals surface area contributed by atoms with Crippen LogP contribution in [0.25, 0.3) is 0 Å². The van der Waals surface area contributed by atoms with Crippen LogP contribution in [0.15, 0.2) is 0 Å². The predicted octanol–water partition coefficient (Wildman–Crippen LogP) is 3.34. The highest BCUT2D eigenvalue weighted by Gasteiger charge is 2.11. The Bertz CT molecular complexity index is 60.1. The molecule has 0 spiro atoms. The molecule has 0 saturated heterocycles. The van der Waals surface area contributed by atoms with E-state index in [1.165, 1.54) is 0 Å². The average molecular weight is 153 g/mol. The van der Waals surface area contributed by atoms with Gasteiger partial charge in [-0.05, 0) is 21.4 Å². The molecule has 0 amide bonds. The maximum atomic E-state index is 12.3. The van der Waals surface area contributed by atoms with Gasteiger partial charge in [0.1, 0.15) is 11.8 Å². The lowest BCUT2D eigenvalue weighted by atomic mass is 10.5.